The minimum absolute atomic E-state index is 0.100. The van der Waals surface area contributed by atoms with Crippen LogP contribution < -0.4 is 0 Å². The van der Waals surface area contributed by atoms with Gasteiger partial charge in [-0.15, -0.1) is 11.6 Å². The second kappa shape index (κ2) is 6.78. The number of carbonyl (C=O) groups excluding carboxylic acids is 1. The molecule has 18 heavy (non-hydrogen) atoms. The largest absolute Gasteiger partial charge is 0.396 e. The van der Waals surface area contributed by atoms with Gasteiger partial charge in [0.1, 0.15) is 5.78 Å². The summed E-state index contributed by atoms with van der Waals surface area (Å²) in [5.41, 5.74) is 0.129. The highest BCUT2D eigenvalue weighted by atomic mass is 35.5. The summed E-state index contributed by atoms with van der Waals surface area (Å²) < 4.78 is 38.7. The highest BCUT2D eigenvalue weighted by Gasteiger charge is 2.41. The number of hydrogen-bond acceptors (Lipinski definition) is 1. The topological polar surface area (TPSA) is 17.1 Å². The van der Waals surface area contributed by atoms with Gasteiger partial charge in [-0.25, -0.2) is 0 Å². The second-order valence-electron chi connectivity index (χ2n) is 4.04. The van der Waals surface area contributed by atoms with E-state index in [0.29, 0.717) is 6.42 Å². The number of rotatable bonds is 6. The molecule has 1 atom stereocenters. The molecular formula is C13H14ClF3O. The lowest BCUT2D eigenvalue weighted by atomic mass is 9.92. The molecule has 0 unspecified atom stereocenters. The molecule has 0 saturated carbocycles. The highest BCUT2D eigenvalue weighted by molar-refractivity contribution is 6.17. The van der Waals surface area contributed by atoms with E-state index in [0.717, 1.165) is 0 Å². The maximum absolute atomic E-state index is 12.9. The van der Waals surface area contributed by atoms with Crippen molar-refractivity contribution in [2.45, 2.75) is 31.4 Å². The Morgan fingerprint density at radius 2 is 1.83 bits per heavy atom. The maximum atomic E-state index is 12.9. The summed E-state index contributed by atoms with van der Waals surface area (Å²) in [5.74, 6) is -1.84. The van der Waals surface area contributed by atoms with E-state index in [-0.39, 0.29) is 17.9 Å². The summed E-state index contributed by atoms with van der Waals surface area (Å²) in [7, 11) is 0. The first kappa shape index (κ1) is 15.0. The molecule has 0 heterocycles. The van der Waals surface area contributed by atoms with Crippen LogP contribution in [0.3, 0.4) is 0 Å². The summed E-state index contributed by atoms with van der Waals surface area (Å²) in [6, 6.07) is 7.51. The van der Waals surface area contributed by atoms with Gasteiger partial charge in [0.25, 0.3) is 0 Å². The van der Waals surface area contributed by atoms with Gasteiger partial charge in [0.2, 0.25) is 0 Å². The van der Waals surface area contributed by atoms with Crippen molar-refractivity contribution in [3.8, 4) is 0 Å². The van der Waals surface area contributed by atoms with E-state index in [9.17, 15) is 18.0 Å². The molecule has 0 fully saturated rings. The van der Waals surface area contributed by atoms with E-state index in [1.54, 1.807) is 6.07 Å². The minimum atomic E-state index is -4.40. The smallest absolute Gasteiger partial charge is 0.300 e. The fraction of sp³-hybridized carbons (Fsp3) is 0.462. The Bertz CT molecular complexity index is 376. The summed E-state index contributed by atoms with van der Waals surface area (Å²) in [6.45, 7) is 0. The number of hydrogen-bond donors (Lipinski definition) is 0. The zero-order valence-electron chi connectivity index (χ0n) is 9.71. The lowest BCUT2D eigenvalue weighted by Crippen LogP contribution is -2.23. The molecule has 0 bridgehead atoms. The van der Waals surface area contributed by atoms with Crippen LogP contribution in [0.2, 0.25) is 0 Å². The first-order chi connectivity index (χ1) is 8.45. The summed E-state index contributed by atoms with van der Waals surface area (Å²) >= 11 is 5.41. The molecule has 0 aromatic heterocycles. The lowest BCUT2D eigenvalue weighted by molar-refractivity contribution is -0.156. The van der Waals surface area contributed by atoms with Gasteiger partial charge < -0.3 is 0 Å². The fourth-order valence-corrected chi connectivity index (χ4v) is 1.84. The summed E-state index contributed by atoms with van der Waals surface area (Å²) in [4.78, 5) is 11.5. The fourth-order valence-electron chi connectivity index (χ4n) is 1.70. The maximum Gasteiger partial charge on any atom is 0.396 e. The van der Waals surface area contributed by atoms with Gasteiger partial charge in [0, 0.05) is 18.7 Å². The van der Waals surface area contributed by atoms with E-state index in [4.69, 9.17) is 11.6 Å². The van der Waals surface area contributed by atoms with Crippen LogP contribution in [0.4, 0.5) is 13.2 Å². The first-order valence-electron chi connectivity index (χ1n) is 5.64. The molecule has 0 spiro atoms. The van der Waals surface area contributed by atoms with Crippen molar-refractivity contribution in [2.75, 3.05) is 5.88 Å². The molecule has 1 rings (SSSR count). The van der Waals surface area contributed by atoms with Gasteiger partial charge in [-0.05, 0) is 12.0 Å². The Morgan fingerprint density at radius 1 is 1.22 bits per heavy atom. The van der Waals surface area contributed by atoms with Crippen LogP contribution in [-0.2, 0) is 4.79 Å². The van der Waals surface area contributed by atoms with Crippen LogP contribution in [0, 0.1) is 0 Å². The Morgan fingerprint density at radius 3 is 2.33 bits per heavy atom. The molecule has 0 aliphatic heterocycles. The van der Waals surface area contributed by atoms with E-state index in [1.807, 2.05) is 0 Å². The molecule has 0 N–H and O–H groups in total. The predicted octanol–water partition coefficient (Wildman–Crippen LogP) is 4.31. The zero-order chi connectivity index (χ0) is 13.6. The van der Waals surface area contributed by atoms with Gasteiger partial charge in [0.05, 0.1) is 5.92 Å². The molecule has 0 aliphatic carbocycles. The number of ketones is 1. The second-order valence-corrected chi connectivity index (χ2v) is 4.42. The van der Waals surface area contributed by atoms with Crippen molar-refractivity contribution >= 4 is 17.4 Å². The molecule has 0 radical (unpaired) electrons. The monoisotopic (exact) mass is 278 g/mol. The van der Waals surface area contributed by atoms with Crippen molar-refractivity contribution in [3.63, 3.8) is 0 Å². The van der Waals surface area contributed by atoms with E-state index >= 15 is 0 Å². The third kappa shape index (κ3) is 4.69. The minimum Gasteiger partial charge on any atom is -0.300 e. The van der Waals surface area contributed by atoms with E-state index < -0.39 is 24.3 Å². The number of halogens is 4. The number of carbonyl (C=O) groups is 1. The van der Waals surface area contributed by atoms with Crippen LogP contribution in [0.5, 0.6) is 0 Å². The molecule has 5 heteroatoms. The number of benzene rings is 1. The van der Waals surface area contributed by atoms with E-state index in [2.05, 4.69) is 0 Å². The Balaban J connectivity index is 2.78. The molecule has 1 nitrogen and oxygen atoms in total. The Hall–Kier alpha value is -1.03. The summed E-state index contributed by atoms with van der Waals surface area (Å²) in [6.07, 6.45) is -4.40. The van der Waals surface area contributed by atoms with Crippen molar-refractivity contribution in [1.29, 1.82) is 0 Å². The van der Waals surface area contributed by atoms with Crippen LogP contribution in [0.15, 0.2) is 30.3 Å². The van der Waals surface area contributed by atoms with Crippen LogP contribution in [-0.4, -0.2) is 17.8 Å². The normalized spacial score (nSPS) is 13.3. The van der Waals surface area contributed by atoms with Crippen molar-refractivity contribution in [2.24, 2.45) is 0 Å². The standard InChI is InChI=1S/C13H14ClF3O/c14-8-4-7-11(18)9-12(13(15,16)17)10-5-2-1-3-6-10/h1-3,5-6,12H,4,7-9H2/t12-/m0/s1. The molecular weight excluding hydrogens is 265 g/mol. The van der Waals surface area contributed by atoms with E-state index in [1.165, 1.54) is 24.3 Å². The number of Topliss-reactive ketones (excluding diaryl/α,β-unsaturated/α-hetero) is 1. The average Bonchev–Trinajstić information content (AvgIpc) is 2.33. The Kier molecular flexibility index (Phi) is 5.66. The third-order valence-corrected chi connectivity index (χ3v) is 2.89. The van der Waals surface area contributed by atoms with Crippen LogP contribution >= 0.6 is 11.6 Å². The summed E-state index contributed by atoms with van der Waals surface area (Å²) in [5, 5.41) is 0. The van der Waals surface area contributed by atoms with Gasteiger partial charge in [-0.3, -0.25) is 4.79 Å². The van der Waals surface area contributed by atoms with Crippen molar-refractivity contribution in [3.05, 3.63) is 35.9 Å². The lowest BCUT2D eigenvalue weighted by Gasteiger charge is -2.20. The molecule has 100 valence electrons. The van der Waals surface area contributed by atoms with Crippen molar-refractivity contribution < 1.29 is 18.0 Å². The molecule has 0 aliphatic rings. The average molecular weight is 279 g/mol. The molecule has 1 aromatic rings. The first-order valence-corrected chi connectivity index (χ1v) is 6.18. The molecule has 0 saturated heterocycles. The van der Waals surface area contributed by atoms with Gasteiger partial charge >= 0.3 is 6.18 Å². The SMILES string of the molecule is O=C(CCCCl)C[C@@H](c1ccccc1)C(F)(F)F. The quantitative estimate of drug-likeness (QED) is 0.709. The molecule has 1 aromatic carbocycles. The molecule has 0 amide bonds. The highest BCUT2D eigenvalue weighted by Crippen LogP contribution is 2.37. The third-order valence-electron chi connectivity index (χ3n) is 2.62. The van der Waals surface area contributed by atoms with Gasteiger partial charge in [-0.2, -0.15) is 13.2 Å². The Labute approximate surface area is 109 Å². The van der Waals surface area contributed by atoms with Gasteiger partial charge in [0.15, 0.2) is 0 Å². The predicted molar refractivity (Wildman–Crippen MR) is 64.8 cm³/mol. The van der Waals surface area contributed by atoms with Gasteiger partial charge in [-0.1, -0.05) is 30.3 Å². The number of alkyl halides is 4. The van der Waals surface area contributed by atoms with Crippen LogP contribution in [0.1, 0.15) is 30.7 Å². The van der Waals surface area contributed by atoms with Crippen LogP contribution in [0.25, 0.3) is 0 Å². The van der Waals surface area contributed by atoms with Crippen molar-refractivity contribution in [1.82, 2.24) is 0 Å². The zero-order valence-corrected chi connectivity index (χ0v) is 10.5.